The third kappa shape index (κ3) is 4.24. The standard InChI is InChI=1S/C18H26N2O3/c1-5-13(6-2)12-23-17-9-14(7-8-16(17)22-4)15-10-18(21)20(3)19-11-15/h7-9,11,13,15H,5-6,10,12H2,1-4H3. The van der Waals surface area contributed by atoms with Gasteiger partial charge >= 0.3 is 0 Å². The van der Waals surface area contributed by atoms with Crippen molar-refractivity contribution in [3.63, 3.8) is 0 Å². The molecule has 23 heavy (non-hydrogen) atoms. The van der Waals surface area contributed by atoms with E-state index >= 15 is 0 Å². The molecule has 1 aliphatic rings. The molecule has 5 nitrogen and oxygen atoms in total. The maximum atomic E-state index is 11.8. The van der Waals surface area contributed by atoms with Gasteiger partial charge in [-0.05, 0) is 23.6 Å². The molecule has 0 fully saturated rings. The van der Waals surface area contributed by atoms with Crippen LogP contribution in [0.5, 0.6) is 11.5 Å². The zero-order valence-electron chi connectivity index (χ0n) is 14.4. The second kappa shape index (κ2) is 7.99. The Morgan fingerprint density at radius 2 is 2.04 bits per heavy atom. The van der Waals surface area contributed by atoms with E-state index < -0.39 is 0 Å². The molecule has 2 rings (SSSR count). The van der Waals surface area contributed by atoms with Gasteiger partial charge in [-0.15, -0.1) is 0 Å². The first-order chi connectivity index (χ1) is 11.1. The Morgan fingerprint density at radius 3 is 2.65 bits per heavy atom. The number of ether oxygens (including phenoxy) is 2. The second-order valence-corrected chi connectivity index (χ2v) is 5.90. The van der Waals surface area contributed by atoms with E-state index in [1.54, 1.807) is 14.2 Å². The predicted molar refractivity (Wildman–Crippen MR) is 91.2 cm³/mol. The fourth-order valence-electron chi connectivity index (χ4n) is 2.59. The van der Waals surface area contributed by atoms with E-state index in [4.69, 9.17) is 9.47 Å². The van der Waals surface area contributed by atoms with Gasteiger partial charge in [-0.25, -0.2) is 5.01 Å². The predicted octanol–water partition coefficient (Wildman–Crippen LogP) is 3.44. The lowest BCUT2D eigenvalue weighted by molar-refractivity contribution is -0.130. The first-order valence-electron chi connectivity index (χ1n) is 8.20. The maximum absolute atomic E-state index is 11.8. The monoisotopic (exact) mass is 318 g/mol. The highest BCUT2D eigenvalue weighted by molar-refractivity contribution is 5.86. The molecule has 1 aromatic carbocycles. The van der Waals surface area contributed by atoms with Gasteiger partial charge in [-0.1, -0.05) is 32.8 Å². The lowest BCUT2D eigenvalue weighted by Gasteiger charge is -2.22. The number of methoxy groups -OCH3 is 1. The van der Waals surface area contributed by atoms with Gasteiger partial charge in [0.25, 0.3) is 0 Å². The van der Waals surface area contributed by atoms with Crippen molar-refractivity contribution in [3.05, 3.63) is 23.8 Å². The largest absolute Gasteiger partial charge is 0.493 e. The van der Waals surface area contributed by atoms with Crippen molar-refractivity contribution in [2.75, 3.05) is 20.8 Å². The van der Waals surface area contributed by atoms with E-state index in [1.807, 2.05) is 24.4 Å². The second-order valence-electron chi connectivity index (χ2n) is 5.90. The number of hydrogen-bond acceptors (Lipinski definition) is 4. The quantitative estimate of drug-likeness (QED) is 0.774. The highest BCUT2D eigenvalue weighted by Gasteiger charge is 2.22. The van der Waals surface area contributed by atoms with Crippen LogP contribution in [-0.4, -0.2) is 37.9 Å². The van der Waals surface area contributed by atoms with Crippen molar-refractivity contribution in [3.8, 4) is 11.5 Å². The molecule has 0 spiro atoms. The summed E-state index contributed by atoms with van der Waals surface area (Å²) in [5.74, 6) is 2.00. The summed E-state index contributed by atoms with van der Waals surface area (Å²) in [7, 11) is 3.31. The fourth-order valence-corrected chi connectivity index (χ4v) is 2.59. The van der Waals surface area contributed by atoms with Crippen LogP contribution in [0.1, 0.15) is 44.6 Å². The molecule has 0 N–H and O–H groups in total. The van der Waals surface area contributed by atoms with Gasteiger partial charge in [-0.3, -0.25) is 4.79 Å². The Bertz CT molecular complexity index is 567. The zero-order chi connectivity index (χ0) is 16.8. The third-order valence-corrected chi connectivity index (χ3v) is 4.42. The summed E-state index contributed by atoms with van der Waals surface area (Å²) in [6, 6.07) is 5.84. The van der Waals surface area contributed by atoms with Gasteiger partial charge in [0.05, 0.1) is 13.7 Å². The molecular formula is C18H26N2O3. The molecule has 126 valence electrons. The molecule has 0 radical (unpaired) electrons. The van der Waals surface area contributed by atoms with E-state index in [2.05, 4.69) is 18.9 Å². The number of carbonyl (C=O) groups is 1. The van der Waals surface area contributed by atoms with Crippen LogP contribution >= 0.6 is 0 Å². The van der Waals surface area contributed by atoms with Crippen LogP contribution in [-0.2, 0) is 4.79 Å². The zero-order valence-corrected chi connectivity index (χ0v) is 14.4. The molecule has 1 unspecified atom stereocenters. The topological polar surface area (TPSA) is 51.1 Å². The Labute approximate surface area is 138 Å². The molecule has 0 aromatic heterocycles. The molecular weight excluding hydrogens is 292 g/mol. The maximum Gasteiger partial charge on any atom is 0.243 e. The number of benzene rings is 1. The van der Waals surface area contributed by atoms with Crippen LogP contribution in [0.25, 0.3) is 0 Å². The molecule has 1 aromatic rings. The smallest absolute Gasteiger partial charge is 0.243 e. The molecule has 0 bridgehead atoms. The normalized spacial score (nSPS) is 17.7. The average molecular weight is 318 g/mol. The van der Waals surface area contributed by atoms with E-state index in [0.717, 1.165) is 29.9 Å². The summed E-state index contributed by atoms with van der Waals surface area (Å²) in [5.41, 5.74) is 1.02. The molecule has 0 aliphatic carbocycles. The molecule has 0 saturated heterocycles. The first kappa shape index (κ1) is 17.3. The lowest BCUT2D eigenvalue weighted by Crippen LogP contribution is -2.28. The summed E-state index contributed by atoms with van der Waals surface area (Å²) in [6.07, 6.45) is 4.43. The molecule has 5 heteroatoms. The van der Waals surface area contributed by atoms with Gasteiger partial charge in [0, 0.05) is 25.6 Å². The first-order valence-corrected chi connectivity index (χ1v) is 8.20. The summed E-state index contributed by atoms with van der Waals surface area (Å²) in [6.45, 7) is 5.02. The van der Waals surface area contributed by atoms with Crippen LogP contribution in [0.3, 0.4) is 0 Å². The van der Waals surface area contributed by atoms with Gasteiger partial charge in [0.15, 0.2) is 11.5 Å². The Morgan fingerprint density at radius 1 is 1.30 bits per heavy atom. The van der Waals surface area contributed by atoms with Gasteiger partial charge < -0.3 is 9.47 Å². The molecule has 1 aliphatic heterocycles. The molecule has 1 amide bonds. The van der Waals surface area contributed by atoms with Crippen molar-refractivity contribution in [2.45, 2.75) is 39.0 Å². The number of carbonyl (C=O) groups excluding carboxylic acids is 1. The van der Waals surface area contributed by atoms with Crippen LogP contribution in [0, 0.1) is 5.92 Å². The minimum Gasteiger partial charge on any atom is -0.493 e. The summed E-state index contributed by atoms with van der Waals surface area (Å²) in [5, 5.41) is 5.51. The number of rotatable bonds is 7. The highest BCUT2D eigenvalue weighted by atomic mass is 16.5. The van der Waals surface area contributed by atoms with Gasteiger partial charge in [0.2, 0.25) is 5.91 Å². The number of amides is 1. The SMILES string of the molecule is CCC(CC)COc1cc(C2C=NN(C)C(=O)C2)ccc1OC. The molecule has 1 heterocycles. The van der Waals surface area contributed by atoms with Crippen molar-refractivity contribution in [1.82, 2.24) is 5.01 Å². The van der Waals surface area contributed by atoms with Crippen LogP contribution in [0.2, 0.25) is 0 Å². The van der Waals surface area contributed by atoms with Crippen molar-refractivity contribution >= 4 is 12.1 Å². The summed E-state index contributed by atoms with van der Waals surface area (Å²) < 4.78 is 11.4. The number of hydrogen-bond donors (Lipinski definition) is 0. The van der Waals surface area contributed by atoms with Crippen molar-refractivity contribution < 1.29 is 14.3 Å². The lowest BCUT2D eigenvalue weighted by atomic mass is 9.95. The summed E-state index contributed by atoms with van der Waals surface area (Å²) in [4.78, 5) is 11.8. The Balaban J connectivity index is 2.18. The van der Waals surface area contributed by atoms with E-state index in [1.165, 1.54) is 5.01 Å². The van der Waals surface area contributed by atoms with Crippen LogP contribution in [0.15, 0.2) is 23.3 Å². The number of hydrazone groups is 1. The van der Waals surface area contributed by atoms with E-state index in [0.29, 0.717) is 18.9 Å². The molecule has 0 saturated carbocycles. The Kier molecular flexibility index (Phi) is 6.02. The molecule has 1 atom stereocenters. The minimum absolute atomic E-state index is 0.0138. The highest BCUT2D eigenvalue weighted by Crippen LogP contribution is 2.33. The van der Waals surface area contributed by atoms with Crippen LogP contribution in [0.4, 0.5) is 0 Å². The van der Waals surface area contributed by atoms with E-state index in [-0.39, 0.29) is 11.8 Å². The van der Waals surface area contributed by atoms with Crippen molar-refractivity contribution in [1.29, 1.82) is 0 Å². The number of nitrogens with zero attached hydrogens (tertiary/aromatic N) is 2. The fraction of sp³-hybridized carbons (Fsp3) is 0.556. The minimum atomic E-state index is -0.0138. The van der Waals surface area contributed by atoms with E-state index in [9.17, 15) is 4.79 Å². The summed E-state index contributed by atoms with van der Waals surface area (Å²) >= 11 is 0. The Hall–Kier alpha value is -2.04. The third-order valence-electron chi connectivity index (χ3n) is 4.42. The van der Waals surface area contributed by atoms with Gasteiger partial charge in [0.1, 0.15) is 0 Å². The van der Waals surface area contributed by atoms with Crippen molar-refractivity contribution in [2.24, 2.45) is 11.0 Å². The van der Waals surface area contributed by atoms with Gasteiger partial charge in [-0.2, -0.15) is 5.10 Å². The van der Waals surface area contributed by atoms with Crippen LogP contribution < -0.4 is 9.47 Å². The average Bonchev–Trinajstić information content (AvgIpc) is 2.58.